The fraction of sp³-hybridized carbons (Fsp3) is 0.682. The van der Waals surface area contributed by atoms with E-state index in [4.69, 9.17) is 0 Å². The van der Waals surface area contributed by atoms with Gasteiger partial charge in [-0.1, -0.05) is 72.4 Å². The Hall–Kier alpha value is -1.16. The highest BCUT2D eigenvalue weighted by molar-refractivity contribution is 7.82. The Morgan fingerprint density at radius 2 is 1.77 bits per heavy atom. The number of amides is 2. The summed E-state index contributed by atoms with van der Waals surface area (Å²) in [6, 6.07) is 4.69. The van der Waals surface area contributed by atoms with Crippen LogP contribution in [0, 0.1) is 11.8 Å². The number of urea groups is 1. The van der Waals surface area contributed by atoms with Crippen LogP contribution in [0.25, 0.3) is 0 Å². The lowest BCUT2D eigenvalue weighted by Gasteiger charge is -2.32. The van der Waals surface area contributed by atoms with E-state index in [1.54, 1.807) is 4.31 Å². The Balaban J connectivity index is 2.25. The predicted molar refractivity (Wildman–Crippen MR) is 115 cm³/mol. The molecule has 2 atom stereocenters. The molecular formula is C22H36N2OS. The molecule has 1 aliphatic rings. The van der Waals surface area contributed by atoms with Gasteiger partial charge in [-0.2, -0.15) is 0 Å². The average molecular weight is 377 g/mol. The molecule has 4 heteroatoms. The molecule has 0 aliphatic heterocycles. The van der Waals surface area contributed by atoms with Crippen molar-refractivity contribution in [2.45, 2.75) is 85.6 Å². The Morgan fingerprint density at radius 3 is 2.27 bits per heavy atom. The summed E-state index contributed by atoms with van der Waals surface area (Å²) in [7, 11) is 0. The van der Waals surface area contributed by atoms with Crippen LogP contribution in [0.1, 0.15) is 77.0 Å². The number of hydrogen-bond acceptors (Lipinski definition) is 2. The normalized spacial score (nSPS) is 20.3. The summed E-state index contributed by atoms with van der Waals surface area (Å²) in [5.41, 5.74) is 4.76. The molecule has 0 saturated heterocycles. The molecule has 0 spiro atoms. The summed E-state index contributed by atoms with van der Waals surface area (Å²) < 4.78 is 1.55. The van der Waals surface area contributed by atoms with Crippen LogP contribution in [-0.2, 0) is 19.3 Å². The molecule has 26 heavy (non-hydrogen) atoms. The molecule has 3 nitrogen and oxygen atoms in total. The minimum absolute atomic E-state index is 0.0897. The SMILES string of the molecule is CCc1cc(CC(C)C)cc(CC)c1N(S)C(=O)NC1CCCCC1C. The number of nitrogens with one attached hydrogen (secondary N) is 1. The summed E-state index contributed by atoms with van der Waals surface area (Å²) in [5, 5.41) is 3.23. The minimum Gasteiger partial charge on any atom is -0.334 e. The van der Waals surface area contributed by atoms with Gasteiger partial charge in [-0.25, -0.2) is 9.10 Å². The van der Waals surface area contributed by atoms with Crippen LogP contribution >= 0.6 is 12.8 Å². The van der Waals surface area contributed by atoms with Gasteiger partial charge in [-0.15, -0.1) is 0 Å². The Bertz CT molecular complexity index is 589. The zero-order valence-corrected chi connectivity index (χ0v) is 18.0. The number of benzene rings is 1. The van der Waals surface area contributed by atoms with Crippen LogP contribution in [0.5, 0.6) is 0 Å². The summed E-state index contributed by atoms with van der Waals surface area (Å²) in [5.74, 6) is 1.16. The molecular weight excluding hydrogens is 340 g/mol. The molecule has 0 heterocycles. The first-order valence-corrected chi connectivity index (χ1v) is 10.7. The van der Waals surface area contributed by atoms with Crippen molar-refractivity contribution in [3.63, 3.8) is 0 Å². The summed E-state index contributed by atoms with van der Waals surface area (Å²) in [6.07, 6.45) is 7.61. The van der Waals surface area contributed by atoms with Crippen LogP contribution in [-0.4, -0.2) is 12.1 Å². The number of aryl methyl sites for hydroxylation is 2. The highest BCUT2D eigenvalue weighted by Gasteiger charge is 2.26. The van der Waals surface area contributed by atoms with Gasteiger partial charge in [0.1, 0.15) is 0 Å². The first-order valence-electron chi connectivity index (χ1n) is 10.3. The molecule has 1 aliphatic carbocycles. The summed E-state index contributed by atoms with van der Waals surface area (Å²) in [4.78, 5) is 12.9. The second-order valence-corrected chi connectivity index (χ2v) is 8.60. The van der Waals surface area contributed by atoms with Gasteiger partial charge in [0.15, 0.2) is 0 Å². The number of nitrogens with zero attached hydrogens (tertiary/aromatic N) is 1. The summed E-state index contributed by atoms with van der Waals surface area (Å²) >= 11 is 4.62. The fourth-order valence-electron chi connectivity index (χ4n) is 4.08. The van der Waals surface area contributed by atoms with Crippen molar-refractivity contribution in [2.24, 2.45) is 11.8 Å². The van der Waals surface area contributed by atoms with E-state index >= 15 is 0 Å². The topological polar surface area (TPSA) is 32.3 Å². The van der Waals surface area contributed by atoms with E-state index in [2.05, 4.69) is 64.9 Å². The van der Waals surface area contributed by atoms with Crippen molar-refractivity contribution in [1.29, 1.82) is 0 Å². The van der Waals surface area contributed by atoms with Crippen molar-refractivity contribution < 1.29 is 4.79 Å². The van der Waals surface area contributed by atoms with Gasteiger partial charge in [0.25, 0.3) is 0 Å². The maximum Gasteiger partial charge on any atom is 0.332 e. The van der Waals surface area contributed by atoms with E-state index in [0.29, 0.717) is 11.8 Å². The van der Waals surface area contributed by atoms with E-state index in [0.717, 1.165) is 31.4 Å². The van der Waals surface area contributed by atoms with Crippen molar-refractivity contribution in [3.05, 3.63) is 28.8 Å². The molecule has 1 N–H and O–H groups in total. The van der Waals surface area contributed by atoms with Gasteiger partial charge in [0.05, 0.1) is 5.69 Å². The molecule has 2 amide bonds. The van der Waals surface area contributed by atoms with Crippen molar-refractivity contribution in [3.8, 4) is 0 Å². The van der Waals surface area contributed by atoms with Gasteiger partial charge in [-0.3, -0.25) is 0 Å². The molecule has 1 aromatic carbocycles. The molecule has 1 fully saturated rings. The Labute approximate surface area is 165 Å². The molecule has 146 valence electrons. The van der Waals surface area contributed by atoms with Gasteiger partial charge in [0.2, 0.25) is 0 Å². The van der Waals surface area contributed by atoms with E-state index < -0.39 is 0 Å². The third kappa shape index (κ3) is 5.18. The van der Waals surface area contributed by atoms with E-state index in [-0.39, 0.29) is 12.1 Å². The molecule has 1 saturated carbocycles. The standard InChI is InChI=1S/C22H36N2OS/c1-6-18-13-17(12-15(3)4)14-19(7-2)21(18)24(26)22(25)23-20-11-9-8-10-16(20)5/h13-16,20,26H,6-12H2,1-5H3,(H,23,25). The number of hydrogen-bond donors (Lipinski definition) is 2. The average Bonchev–Trinajstić information content (AvgIpc) is 2.61. The fourth-order valence-corrected chi connectivity index (χ4v) is 4.40. The first kappa shape index (κ1) is 21.1. The van der Waals surface area contributed by atoms with Gasteiger partial charge >= 0.3 is 6.03 Å². The van der Waals surface area contributed by atoms with E-state index in [1.807, 2.05) is 0 Å². The van der Waals surface area contributed by atoms with Crippen LogP contribution < -0.4 is 9.62 Å². The summed E-state index contributed by atoms with van der Waals surface area (Å²) in [6.45, 7) is 11.0. The van der Waals surface area contributed by atoms with Crippen LogP contribution in [0.15, 0.2) is 12.1 Å². The second-order valence-electron chi connectivity index (χ2n) is 8.20. The lowest BCUT2D eigenvalue weighted by atomic mass is 9.86. The molecule has 0 bridgehead atoms. The highest BCUT2D eigenvalue weighted by atomic mass is 32.1. The lowest BCUT2D eigenvalue weighted by Crippen LogP contribution is -2.45. The largest absolute Gasteiger partial charge is 0.334 e. The van der Waals surface area contributed by atoms with Gasteiger partial charge < -0.3 is 5.32 Å². The number of carbonyl (C=O) groups excluding carboxylic acids is 1. The van der Waals surface area contributed by atoms with E-state index in [1.165, 1.54) is 36.0 Å². The van der Waals surface area contributed by atoms with Crippen LogP contribution in [0.2, 0.25) is 0 Å². The molecule has 1 aromatic rings. The molecule has 0 aromatic heterocycles. The first-order chi connectivity index (χ1) is 12.4. The monoisotopic (exact) mass is 376 g/mol. The van der Waals surface area contributed by atoms with Crippen molar-refractivity contribution in [1.82, 2.24) is 5.32 Å². The quantitative estimate of drug-likeness (QED) is 0.591. The minimum atomic E-state index is -0.0897. The smallest absolute Gasteiger partial charge is 0.332 e. The number of carbonyl (C=O) groups is 1. The zero-order chi connectivity index (χ0) is 19.3. The number of thiol groups is 1. The maximum atomic E-state index is 12.9. The van der Waals surface area contributed by atoms with Crippen molar-refractivity contribution in [2.75, 3.05) is 4.31 Å². The second kappa shape index (κ2) is 9.68. The molecule has 2 rings (SSSR count). The van der Waals surface area contributed by atoms with Crippen molar-refractivity contribution >= 4 is 24.5 Å². The molecule has 0 radical (unpaired) electrons. The Morgan fingerprint density at radius 1 is 1.19 bits per heavy atom. The Kier molecular flexibility index (Phi) is 7.87. The van der Waals surface area contributed by atoms with Crippen LogP contribution in [0.4, 0.5) is 10.5 Å². The van der Waals surface area contributed by atoms with Gasteiger partial charge in [-0.05, 0) is 60.6 Å². The lowest BCUT2D eigenvalue weighted by molar-refractivity contribution is 0.230. The number of rotatable bonds is 6. The zero-order valence-electron chi connectivity index (χ0n) is 17.1. The van der Waals surface area contributed by atoms with E-state index in [9.17, 15) is 4.79 Å². The van der Waals surface area contributed by atoms with Gasteiger partial charge in [0, 0.05) is 6.04 Å². The number of anilines is 1. The maximum absolute atomic E-state index is 12.9. The highest BCUT2D eigenvalue weighted by Crippen LogP contribution is 2.32. The third-order valence-corrected chi connectivity index (χ3v) is 5.94. The predicted octanol–water partition coefficient (Wildman–Crippen LogP) is 5.95. The molecule has 2 unspecified atom stereocenters. The van der Waals surface area contributed by atoms with Crippen LogP contribution in [0.3, 0.4) is 0 Å². The third-order valence-electron chi connectivity index (χ3n) is 5.56.